The van der Waals surface area contributed by atoms with Crippen molar-refractivity contribution in [2.45, 2.75) is 13.3 Å². The van der Waals surface area contributed by atoms with E-state index in [9.17, 15) is 9.18 Å². The topological polar surface area (TPSA) is 92.0 Å². The summed E-state index contributed by atoms with van der Waals surface area (Å²) >= 11 is 0. The summed E-state index contributed by atoms with van der Waals surface area (Å²) in [6.45, 7) is 2.31. The number of benzene rings is 3. The van der Waals surface area contributed by atoms with Gasteiger partial charge in [-0.1, -0.05) is 18.2 Å². The van der Waals surface area contributed by atoms with Crippen LogP contribution in [-0.2, 0) is 6.42 Å². The second kappa shape index (κ2) is 12.1. The average molecular weight is 491 g/mol. The maximum absolute atomic E-state index is 14.3. The molecule has 182 valence electrons. The van der Waals surface area contributed by atoms with E-state index in [2.05, 4.69) is 5.32 Å². The van der Waals surface area contributed by atoms with Crippen molar-refractivity contribution in [3.63, 3.8) is 0 Å². The molecule has 0 aliphatic rings. The molecule has 0 aliphatic carbocycles. The van der Waals surface area contributed by atoms with Crippen molar-refractivity contribution in [3.05, 3.63) is 71.0 Å². The van der Waals surface area contributed by atoms with Crippen molar-refractivity contribution < 1.29 is 28.1 Å². The van der Waals surface area contributed by atoms with Crippen LogP contribution >= 0.6 is 12.4 Å². The number of halogens is 2. The molecule has 0 unspecified atom stereocenters. The second-order valence-corrected chi connectivity index (χ2v) is 7.24. The summed E-state index contributed by atoms with van der Waals surface area (Å²) in [7, 11) is 4.28. The Balaban J connectivity index is 0.00000408. The first-order chi connectivity index (χ1) is 15.9. The van der Waals surface area contributed by atoms with Gasteiger partial charge in [0.25, 0.3) is 5.91 Å². The number of nitrogens with two attached hydrogens (primary N) is 1. The molecule has 0 saturated heterocycles. The molecule has 3 aromatic carbocycles. The average Bonchev–Trinajstić information content (AvgIpc) is 2.81. The van der Waals surface area contributed by atoms with Crippen LogP contribution in [0.1, 0.15) is 21.5 Å². The van der Waals surface area contributed by atoms with E-state index in [-0.39, 0.29) is 46.7 Å². The lowest BCUT2D eigenvalue weighted by Crippen LogP contribution is -2.15. The monoisotopic (exact) mass is 490 g/mol. The van der Waals surface area contributed by atoms with Gasteiger partial charge in [-0.05, 0) is 55.3 Å². The Kier molecular flexibility index (Phi) is 9.53. The summed E-state index contributed by atoms with van der Waals surface area (Å²) in [5.74, 6) is 0.166. The minimum atomic E-state index is -0.598. The van der Waals surface area contributed by atoms with Crippen molar-refractivity contribution in [2.75, 3.05) is 33.2 Å². The smallest absolute Gasteiger partial charge is 0.259 e. The zero-order chi connectivity index (χ0) is 24.0. The number of hydrogen-bond donors (Lipinski definition) is 2. The van der Waals surface area contributed by atoms with E-state index in [1.807, 2.05) is 12.1 Å². The fourth-order valence-electron chi connectivity index (χ4n) is 3.35. The van der Waals surface area contributed by atoms with Gasteiger partial charge in [0.1, 0.15) is 11.6 Å². The van der Waals surface area contributed by atoms with Gasteiger partial charge in [0, 0.05) is 6.07 Å². The van der Waals surface area contributed by atoms with Crippen molar-refractivity contribution in [1.82, 2.24) is 0 Å². The molecular formula is C25H28ClFN2O5. The van der Waals surface area contributed by atoms with Gasteiger partial charge in [0.05, 0.1) is 32.6 Å². The van der Waals surface area contributed by atoms with Crippen molar-refractivity contribution in [1.29, 1.82) is 0 Å². The highest BCUT2D eigenvalue weighted by Gasteiger charge is 2.26. The number of anilines is 1. The highest BCUT2D eigenvalue weighted by molar-refractivity contribution is 6.07. The Labute approximate surface area is 204 Å². The molecule has 0 aromatic heterocycles. The largest absolute Gasteiger partial charge is 0.492 e. The van der Waals surface area contributed by atoms with Crippen LogP contribution in [0.25, 0.3) is 0 Å². The molecule has 0 fully saturated rings. The van der Waals surface area contributed by atoms with Gasteiger partial charge >= 0.3 is 0 Å². The molecule has 3 N–H and O–H groups in total. The maximum Gasteiger partial charge on any atom is 0.259 e. The lowest BCUT2D eigenvalue weighted by molar-refractivity contribution is 0.102. The Bertz CT molecular complexity index is 1140. The van der Waals surface area contributed by atoms with E-state index in [4.69, 9.17) is 24.7 Å². The number of carbonyl (C=O) groups excluding carboxylic acids is 1. The zero-order valence-electron chi connectivity index (χ0n) is 19.4. The predicted molar refractivity (Wildman–Crippen MR) is 132 cm³/mol. The van der Waals surface area contributed by atoms with Crippen LogP contribution in [0.5, 0.6) is 28.7 Å². The summed E-state index contributed by atoms with van der Waals surface area (Å²) in [5, 5.41) is 2.57. The molecule has 3 aromatic rings. The standard InChI is InChI=1S/C25H27FN2O5.ClH/c1-15-5-10-20(19(26)13-15)28-25(29)18-14-21(23(31-3)24(32-4)22(18)30-2)33-17-8-6-16(7-9-17)11-12-27;/h5-10,13-14H,11-12,27H2,1-4H3,(H,28,29);1H. The van der Waals surface area contributed by atoms with Gasteiger partial charge in [-0.3, -0.25) is 4.79 Å². The molecule has 7 nitrogen and oxygen atoms in total. The molecule has 34 heavy (non-hydrogen) atoms. The summed E-state index contributed by atoms with van der Waals surface area (Å²) in [6, 6.07) is 13.4. The quantitative estimate of drug-likeness (QED) is 0.432. The Morgan fingerprint density at radius 2 is 1.59 bits per heavy atom. The Hall–Kier alpha value is -3.49. The molecule has 0 heterocycles. The van der Waals surface area contributed by atoms with Gasteiger partial charge in [-0.25, -0.2) is 4.39 Å². The molecule has 0 radical (unpaired) electrons. The van der Waals surface area contributed by atoms with Crippen LogP contribution in [0.3, 0.4) is 0 Å². The summed E-state index contributed by atoms with van der Waals surface area (Å²) < 4.78 is 36.7. The van der Waals surface area contributed by atoms with E-state index >= 15 is 0 Å². The van der Waals surface area contributed by atoms with E-state index in [1.54, 1.807) is 25.1 Å². The lowest BCUT2D eigenvalue weighted by atomic mass is 10.1. The van der Waals surface area contributed by atoms with Gasteiger partial charge < -0.3 is 30.0 Å². The number of carbonyl (C=O) groups is 1. The second-order valence-electron chi connectivity index (χ2n) is 7.24. The van der Waals surface area contributed by atoms with E-state index in [0.29, 0.717) is 12.3 Å². The van der Waals surface area contributed by atoms with E-state index < -0.39 is 11.7 Å². The third kappa shape index (κ3) is 5.89. The maximum atomic E-state index is 14.3. The molecule has 3 rings (SSSR count). The first-order valence-electron chi connectivity index (χ1n) is 10.3. The number of aryl methyl sites for hydroxylation is 1. The number of methoxy groups -OCH3 is 3. The minimum Gasteiger partial charge on any atom is -0.492 e. The number of hydrogen-bond acceptors (Lipinski definition) is 6. The van der Waals surface area contributed by atoms with E-state index in [0.717, 1.165) is 17.5 Å². The number of nitrogens with one attached hydrogen (secondary N) is 1. The van der Waals surface area contributed by atoms with Crippen LogP contribution in [-0.4, -0.2) is 33.8 Å². The summed E-state index contributed by atoms with van der Waals surface area (Å²) in [6.07, 6.45) is 0.750. The van der Waals surface area contributed by atoms with Crippen LogP contribution in [0.2, 0.25) is 0 Å². The lowest BCUT2D eigenvalue weighted by Gasteiger charge is -2.19. The SMILES string of the molecule is COc1c(Oc2ccc(CCN)cc2)cc(C(=O)Nc2ccc(C)cc2F)c(OC)c1OC.Cl. The van der Waals surface area contributed by atoms with Crippen molar-refractivity contribution >= 4 is 24.0 Å². The van der Waals surface area contributed by atoms with Gasteiger partial charge in [0.15, 0.2) is 11.5 Å². The van der Waals surface area contributed by atoms with Crippen LogP contribution in [0, 0.1) is 12.7 Å². The Morgan fingerprint density at radius 3 is 2.15 bits per heavy atom. The van der Waals surface area contributed by atoms with Gasteiger partial charge in [-0.2, -0.15) is 0 Å². The predicted octanol–water partition coefficient (Wildman–Crippen LogP) is 5.13. The number of ether oxygens (including phenoxy) is 4. The molecule has 0 bridgehead atoms. The third-order valence-electron chi connectivity index (χ3n) is 4.97. The molecule has 0 atom stereocenters. The van der Waals surface area contributed by atoms with Gasteiger partial charge in [-0.15, -0.1) is 12.4 Å². The molecular weight excluding hydrogens is 463 g/mol. The first kappa shape index (κ1) is 26.8. The van der Waals surface area contributed by atoms with Crippen molar-refractivity contribution in [3.8, 4) is 28.7 Å². The summed E-state index contributed by atoms with van der Waals surface area (Å²) in [5.41, 5.74) is 7.54. The molecule has 0 spiro atoms. The minimum absolute atomic E-state index is 0. The first-order valence-corrected chi connectivity index (χ1v) is 10.3. The fraction of sp³-hybridized carbons (Fsp3) is 0.240. The van der Waals surface area contributed by atoms with Gasteiger partial charge in [0.2, 0.25) is 11.5 Å². The van der Waals surface area contributed by atoms with Crippen LogP contribution < -0.4 is 30.0 Å². The number of amides is 1. The highest BCUT2D eigenvalue weighted by atomic mass is 35.5. The van der Waals surface area contributed by atoms with Crippen molar-refractivity contribution in [2.24, 2.45) is 5.73 Å². The molecule has 0 saturated carbocycles. The molecule has 0 aliphatic heterocycles. The summed E-state index contributed by atoms with van der Waals surface area (Å²) in [4.78, 5) is 13.1. The highest BCUT2D eigenvalue weighted by Crippen LogP contribution is 2.48. The van der Waals surface area contributed by atoms with Crippen LogP contribution in [0.4, 0.5) is 10.1 Å². The Morgan fingerprint density at radius 1 is 0.941 bits per heavy atom. The molecule has 9 heteroatoms. The zero-order valence-corrected chi connectivity index (χ0v) is 20.3. The fourth-order valence-corrected chi connectivity index (χ4v) is 3.35. The normalized spacial score (nSPS) is 10.2. The number of rotatable bonds is 9. The third-order valence-corrected chi connectivity index (χ3v) is 4.97. The molecule has 1 amide bonds. The van der Waals surface area contributed by atoms with E-state index in [1.165, 1.54) is 39.5 Å². The van der Waals surface area contributed by atoms with Crippen LogP contribution in [0.15, 0.2) is 48.5 Å².